The highest BCUT2D eigenvalue weighted by Crippen LogP contribution is 2.30. The van der Waals surface area contributed by atoms with Gasteiger partial charge in [-0.05, 0) is 25.6 Å². The third-order valence-corrected chi connectivity index (χ3v) is 4.56. The molecule has 0 spiro atoms. The van der Waals surface area contributed by atoms with Crippen molar-refractivity contribution >= 4 is 11.8 Å². The van der Waals surface area contributed by atoms with Crippen molar-refractivity contribution in [1.82, 2.24) is 29.9 Å². The molecule has 0 aromatic carbocycles. The van der Waals surface area contributed by atoms with E-state index in [1.165, 1.54) is 5.56 Å². The van der Waals surface area contributed by atoms with Gasteiger partial charge in [-0.25, -0.2) is 0 Å². The van der Waals surface area contributed by atoms with Crippen molar-refractivity contribution in [3.63, 3.8) is 0 Å². The van der Waals surface area contributed by atoms with Crippen LogP contribution in [0.5, 0.6) is 0 Å². The van der Waals surface area contributed by atoms with Gasteiger partial charge < -0.3 is 14.6 Å². The minimum atomic E-state index is 0.699. The summed E-state index contributed by atoms with van der Waals surface area (Å²) in [5.41, 5.74) is 2.23. The average Bonchev–Trinajstić information content (AvgIpc) is 2.90. The molecule has 21 heavy (non-hydrogen) atoms. The van der Waals surface area contributed by atoms with E-state index in [0.29, 0.717) is 6.61 Å². The number of hydrogen-bond acceptors (Lipinski definition) is 6. The van der Waals surface area contributed by atoms with Gasteiger partial charge in [-0.1, -0.05) is 0 Å². The normalized spacial score (nSPS) is 11.3. The molecule has 116 valence electrons. The number of nitrogens with one attached hydrogen (secondary N) is 1. The maximum atomic E-state index is 5.05. The first-order valence-corrected chi connectivity index (χ1v) is 7.62. The summed E-state index contributed by atoms with van der Waals surface area (Å²) in [6.07, 6.45) is 0. The number of aromatic nitrogens is 5. The van der Waals surface area contributed by atoms with Crippen molar-refractivity contribution in [3.8, 4) is 0 Å². The Morgan fingerprint density at radius 1 is 1.24 bits per heavy atom. The van der Waals surface area contributed by atoms with E-state index in [9.17, 15) is 0 Å². The molecule has 0 aliphatic heterocycles. The fraction of sp³-hybridized carbons (Fsp3) is 0.615. The lowest BCUT2D eigenvalue weighted by molar-refractivity contribution is 0.199. The molecular formula is C13H22N6OS. The molecule has 8 heteroatoms. The van der Waals surface area contributed by atoms with E-state index >= 15 is 0 Å². The van der Waals surface area contributed by atoms with Crippen LogP contribution in [-0.4, -0.2) is 44.8 Å². The van der Waals surface area contributed by atoms with Crippen LogP contribution in [0, 0.1) is 13.8 Å². The number of nitrogens with zero attached hydrogens (tertiary/aromatic N) is 5. The summed E-state index contributed by atoms with van der Waals surface area (Å²) in [6.45, 7) is 6.25. The Labute approximate surface area is 129 Å². The number of rotatable bonds is 7. The number of methoxy groups -OCH3 is 1. The van der Waals surface area contributed by atoms with E-state index in [0.717, 1.165) is 34.8 Å². The lowest BCUT2D eigenvalue weighted by Gasteiger charge is -2.07. The maximum Gasteiger partial charge on any atom is 0.197 e. The van der Waals surface area contributed by atoms with Crippen molar-refractivity contribution < 1.29 is 4.74 Å². The van der Waals surface area contributed by atoms with Gasteiger partial charge in [-0.15, -0.1) is 10.2 Å². The predicted octanol–water partition coefficient (Wildman–Crippen LogP) is 1.05. The van der Waals surface area contributed by atoms with Gasteiger partial charge in [0.05, 0.1) is 12.3 Å². The number of ether oxygens (including phenoxy) is 1. The van der Waals surface area contributed by atoms with Crippen molar-refractivity contribution in [2.24, 2.45) is 14.1 Å². The molecular weight excluding hydrogens is 288 g/mol. The van der Waals surface area contributed by atoms with E-state index in [1.807, 2.05) is 37.2 Å². The van der Waals surface area contributed by atoms with Gasteiger partial charge in [0.25, 0.3) is 0 Å². The lowest BCUT2D eigenvalue weighted by Crippen LogP contribution is -2.19. The highest BCUT2D eigenvalue weighted by Gasteiger charge is 2.17. The van der Waals surface area contributed by atoms with E-state index in [1.54, 1.807) is 18.9 Å². The predicted molar refractivity (Wildman–Crippen MR) is 81.4 cm³/mol. The number of aryl methyl sites for hydroxylation is 3. The smallest absolute Gasteiger partial charge is 0.197 e. The van der Waals surface area contributed by atoms with Crippen LogP contribution in [-0.2, 0) is 25.4 Å². The molecule has 2 aromatic rings. The molecule has 0 amide bonds. The second-order valence-corrected chi connectivity index (χ2v) is 5.81. The standard InChI is InChI=1S/C13H22N6OS/c1-9-11(8-14-6-7-20-5)12(19(4)17-9)21-13-16-15-10(2)18(13)3/h14H,6-8H2,1-5H3. The molecule has 0 bridgehead atoms. The summed E-state index contributed by atoms with van der Waals surface area (Å²) in [5.74, 6) is 0.899. The monoisotopic (exact) mass is 310 g/mol. The van der Waals surface area contributed by atoms with Crippen molar-refractivity contribution in [1.29, 1.82) is 0 Å². The lowest BCUT2D eigenvalue weighted by atomic mass is 10.2. The summed E-state index contributed by atoms with van der Waals surface area (Å²) in [7, 11) is 5.63. The molecule has 0 aliphatic rings. The fourth-order valence-corrected chi connectivity index (χ4v) is 3.00. The molecule has 0 radical (unpaired) electrons. The summed E-state index contributed by atoms with van der Waals surface area (Å²) in [5, 5.41) is 18.1. The summed E-state index contributed by atoms with van der Waals surface area (Å²) >= 11 is 1.59. The Balaban J connectivity index is 2.16. The number of hydrogen-bond donors (Lipinski definition) is 1. The molecule has 0 unspecified atom stereocenters. The largest absolute Gasteiger partial charge is 0.383 e. The van der Waals surface area contributed by atoms with Crippen LogP contribution < -0.4 is 5.32 Å². The first kappa shape index (κ1) is 16.0. The van der Waals surface area contributed by atoms with E-state index in [-0.39, 0.29) is 0 Å². The Bertz CT molecular complexity index is 606. The zero-order valence-corrected chi connectivity index (χ0v) is 14.0. The minimum Gasteiger partial charge on any atom is -0.383 e. The van der Waals surface area contributed by atoms with Crippen LogP contribution >= 0.6 is 11.8 Å². The second-order valence-electron chi connectivity index (χ2n) is 4.85. The van der Waals surface area contributed by atoms with Gasteiger partial charge in [0.15, 0.2) is 5.16 Å². The topological polar surface area (TPSA) is 69.8 Å². The van der Waals surface area contributed by atoms with Crippen molar-refractivity contribution in [3.05, 3.63) is 17.1 Å². The van der Waals surface area contributed by atoms with Gasteiger partial charge >= 0.3 is 0 Å². The first-order valence-electron chi connectivity index (χ1n) is 6.80. The van der Waals surface area contributed by atoms with Crippen LogP contribution in [0.1, 0.15) is 17.1 Å². The molecule has 0 fully saturated rings. The van der Waals surface area contributed by atoms with E-state index in [2.05, 4.69) is 20.6 Å². The quantitative estimate of drug-likeness (QED) is 0.771. The van der Waals surface area contributed by atoms with Gasteiger partial charge in [0.2, 0.25) is 0 Å². The Kier molecular flexibility index (Phi) is 5.38. The third kappa shape index (κ3) is 3.63. The van der Waals surface area contributed by atoms with E-state index < -0.39 is 0 Å². The minimum absolute atomic E-state index is 0.699. The second kappa shape index (κ2) is 7.06. The summed E-state index contributed by atoms with van der Waals surface area (Å²) in [6, 6.07) is 0. The Hall–Kier alpha value is -1.38. The summed E-state index contributed by atoms with van der Waals surface area (Å²) < 4.78 is 8.93. The average molecular weight is 310 g/mol. The van der Waals surface area contributed by atoms with Gasteiger partial charge in [-0.3, -0.25) is 4.68 Å². The van der Waals surface area contributed by atoms with Crippen LogP contribution in [0.4, 0.5) is 0 Å². The first-order chi connectivity index (χ1) is 10.0. The molecule has 1 N–H and O–H groups in total. The summed E-state index contributed by atoms with van der Waals surface area (Å²) in [4.78, 5) is 0. The van der Waals surface area contributed by atoms with Crippen molar-refractivity contribution in [2.45, 2.75) is 30.6 Å². The Morgan fingerprint density at radius 3 is 2.62 bits per heavy atom. The third-order valence-electron chi connectivity index (χ3n) is 3.31. The zero-order valence-electron chi connectivity index (χ0n) is 13.2. The molecule has 0 atom stereocenters. The molecule has 2 aromatic heterocycles. The molecule has 2 heterocycles. The molecule has 0 aliphatic carbocycles. The van der Waals surface area contributed by atoms with Gasteiger partial charge in [0, 0.05) is 39.9 Å². The van der Waals surface area contributed by atoms with Crippen LogP contribution in [0.3, 0.4) is 0 Å². The molecule has 7 nitrogen and oxygen atoms in total. The molecule has 0 saturated heterocycles. The zero-order chi connectivity index (χ0) is 15.4. The van der Waals surface area contributed by atoms with Crippen molar-refractivity contribution in [2.75, 3.05) is 20.3 Å². The maximum absolute atomic E-state index is 5.05. The Morgan fingerprint density at radius 2 is 2.00 bits per heavy atom. The highest BCUT2D eigenvalue weighted by atomic mass is 32.2. The van der Waals surface area contributed by atoms with Crippen LogP contribution in [0.2, 0.25) is 0 Å². The fourth-order valence-electron chi connectivity index (χ4n) is 1.96. The SMILES string of the molecule is COCCNCc1c(C)nn(C)c1Sc1nnc(C)n1C. The van der Waals surface area contributed by atoms with Crippen LogP contribution in [0.25, 0.3) is 0 Å². The molecule has 0 saturated carbocycles. The molecule has 2 rings (SSSR count). The highest BCUT2D eigenvalue weighted by molar-refractivity contribution is 7.99. The van der Waals surface area contributed by atoms with Crippen LogP contribution in [0.15, 0.2) is 10.2 Å². The van der Waals surface area contributed by atoms with E-state index in [4.69, 9.17) is 4.74 Å². The van der Waals surface area contributed by atoms with Gasteiger partial charge in [0.1, 0.15) is 10.9 Å². The van der Waals surface area contributed by atoms with Gasteiger partial charge in [-0.2, -0.15) is 5.10 Å².